The standard InChI is InChI=1S/C13H11F3N4O2.C4H11N/c14-13(15,16)7-22-11-2-1-9(5-18-11)6-19-12(21)10-3-4-17-8-20-10;1-4(2,3)5/h1-5,8H,6-7H2,(H,19,21);5H2,1-3H3. The van der Waals surface area contributed by atoms with Gasteiger partial charge in [-0.05, 0) is 32.4 Å². The Morgan fingerprint density at radius 1 is 1.19 bits per heavy atom. The van der Waals surface area contributed by atoms with Crippen molar-refractivity contribution >= 4 is 5.91 Å². The van der Waals surface area contributed by atoms with Crippen LogP contribution in [0.4, 0.5) is 13.2 Å². The van der Waals surface area contributed by atoms with Gasteiger partial charge in [-0.3, -0.25) is 4.79 Å². The van der Waals surface area contributed by atoms with Crippen molar-refractivity contribution in [3.05, 3.63) is 48.2 Å². The number of nitrogens with one attached hydrogen (secondary N) is 1. The fraction of sp³-hybridized carbons (Fsp3) is 0.412. The fourth-order valence-corrected chi connectivity index (χ4v) is 1.45. The molecule has 2 heterocycles. The molecular weight excluding hydrogens is 363 g/mol. The van der Waals surface area contributed by atoms with E-state index in [-0.39, 0.29) is 29.6 Å². The van der Waals surface area contributed by atoms with Crippen LogP contribution in [-0.2, 0) is 6.54 Å². The monoisotopic (exact) mass is 385 g/mol. The largest absolute Gasteiger partial charge is 0.468 e. The molecule has 0 saturated heterocycles. The number of amides is 1. The molecule has 0 aliphatic carbocycles. The van der Waals surface area contributed by atoms with Crippen molar-refractivity contribution in [3.63, 3.8) is 0 Å². The van der Waals surface area contributed by atoms with Crippen molar-refractivity contribution in [2.24, 2.45) is 5.73 Å². The van der Waals surface area contributed by atoms with Gasteiger partial charge in [-0.1, -0.05) is 6.07 Å². The molecule has 3 N–H and O–H groups in total. The van der Waals surface area contributed by atoms with Gasteiger partial charge in [-0.2, -0.15) is 13.2 Å². The van der Waals surface area contributed by atoms with Crippen molar-refractivity contribution in [1.29, 1.82) is 0 Å². The van der Waals surface area contributed by atoms with Gasteiger partial charge in [0.05, 0.1) is 0 Å². The quantitative estimate of drug-likeness (QED) is 0.820. The molecule has 0 aliphatic rings. The van der Waals surface area contributed by atoms with Gasteiger partial charge in [0.1, 0.15) is 12.0 Å². The lowest BCUT2D eigenvalue weighted by Crippen LogP contribution is -2.26. The summed E-state index contributed by atoms with van der Waals surface area (Å²) >= 11 is 0. The smallest absolute Gasteiger partial charge is 0.422 e. The van der Waals surface area contributed by atoms with E-state index in [9.17, 15) is 18.0 Å². The van der Waals surface area contributed by atoms with Crippen LogP contribution in [0.25, 0.3) is 0 Å². The summed E-state index contributed by atoms with van der Waals surface area (Å²) in [7, 11) is 0. The Bertz CT molecular complexity index is 695. The van der Waals surface area contributed by atoms with Crippen LogP contribution in [-0.4, -0.2) is 39.2 Å². The molecule has 0 bridgehead atoms. The lowest BCUT2D eigenvalue weighted by atomic mass is 10.1. The SMILES string of the molecule is CC(C)(C)N.O=C(NCc1ccc(OCC(F)(F)F)nc1)c1ccncn1. The predicted molar refractivity (Wildman–Crippen MR) is 92.9 cm³/mol. The average molecular weight is 385 g/mol. The second kappa shape index (κ2) is 9.81. The summed E-state index contributed by atoms with van der Waals surface area (Å²) in [4.78, 5) is 22.9. The van der Waals surface area contributed by atoms with Crippen molar-refractivity contribution in [2.75, 3.05) is 6.61 Å². The van der Waals surface area contributed by atoms with Gasteiger partial charge >= 0.3 is 6.18 Å². The lowest BCUT2D eigenvalue weighted by molar-refractivity contribution is -0.154. The molecule has 10 heteroatoms. The molecule has 2 aromatic rings. The van der Waals surface area contributed by atoms with Crippen molar-refractivity contribution in [1.82, 2.24) is 20.3 Å². The number of aromatic nitrogens is 3. The van der Waals surface area contributed by atoms with Gasteiger partial charge in [0.25, 0.3) is 5.91 Å². The number of carbonyl (C=O) groups is 1. The van der Waals surface area contributed by atoms with Crippen LogP contribution in [0.3, 0.4) is 0 Å². The van der Waals surface area contributed by atoms with E-state index in [1.807, 2.05) is 20.8 Å². The first kappa shape index (κ1) is 22.3. The number of alkyl halides is 3. The molecule has 0 saturated carbocycles. The molecule has 27 heavy (non-hydrogen) atoms. The average Bonchev–Trinajstić information content (AvgIpc) is 2.57. The number of nitrogens with zero attached hydrogens (tertiary/aromatic N) is 3. The predicted octanol–water partition coefficient (Wildman–Crippen LogP) is 2.49. The highest BCUT2D eigenvalue weighted by molar-refractivity contribution is 5.91. The van der Waals surface area contributed by atoms with Crippen LogP contribution < -0.4 is 15.8 Å². The first-order valence-corrected chi connectivity index (χ1v) is 7.91. The first-order chi connectivity index (χ1) is 12.4. The number of pyridine rings is 1. The Hall–Kier alpha value is -2.75. The van der Waals surface area contributed by atoms with Gasteiger partial charge in [0, 0.05) is 30.5 Å². The molecule has 0 radical (unpaired) electrons. The van der Waals surface area contributed by atoms with Crippen molar-refractivity contribution < 1.29 is 22.7 Å². The minimum atomic E-state index is -4.41. The lowest BCUT2D eigenvalue weighted by Gasteiger charge is -2.09. The zero-order valence-electron chi connectivity index (χ0n) is 15.2. The summed E-state index contributed by atoms with van der Waals surface area (Å²) in [6.07, 6.45) is -0.392. The molecule has 0 fully saturated rings. The highest BCUT2D eigenvalue weighted by atomic mass is 19.4. The maximum Gasteiger partial charge on any atom is 0.422 e. The van der Waals surface area contributed by atoms with E-state index in [0.29, 0.717) is 5.56 Å². The van der Waals surface area contributed by atoms with Gasteiger partial charge in [-0.25, -0.2) is 15.0 Å². The van der Waals surface area contributed by atoms with Crippen LogP contribution in [0, 0.1) is 0 Å². The zero-order valence-corrected chi connectivity index (χ0v) is 15.2. The molecule has 7 nitrogen and oxygen atoms in total. The van der Waals surface area contributed by atoms with E-state index in [1.54, 1.807) is 0 Å². The summed E-state index contributed by atoms with van der Waals surface area (Å²) in [5.41, 5.74) is 6.18. The number of ether oxygens (including phenoxy) is 1. The summed E-state index contributed by atoms with van der Waals surface area (Å²) < 4.78 is 40.4. The number of nitrogens with two attached hydrogens (primary N) is 1. The molecule has 1 amide bonds. The number of hydrogen-bond acceptors (Lipinski definition) is 6. The second-order valence-corrected chi connectivity index (χ2v) is 6.55. The van der Waals surface area contributed by atoms with E-state index in [0.717, 1.165) is 0 Å². The molecule has 0 atom stereocenters. The normalized spacial score (nSPS) is 11.2. The van der Waals surface area contributed by atoms with E-state index < -0.39 is 12.8 Å². The molecule has 0 aliphatic heterocycles. The summed E-state index contributed by atoms with van der Waals surface area (Å²) in [6.45, 7) is 4.66. The minimum absolute atomic E-state index is 0. The third-order valence-corrected chi connectivity index (χ3v) is 2.45. The van der Waals surface area contributed by atoms with Crippen LogP contribution >= 0.6 is 0 Å². The van der Waals surface area contributed by atoms with Crippen molar-refractivity contribution in [3.8, 4) is 5.88 Å². The number of carbonyl (C=O) groups excluding carboxylic acids is 1. The maximum atomic E-state index is 12.0. The van der Waals surface area contributed by atoms with E-state index in [2.05, 4.69) is 25.0 Å². The third-order valence-electron chi connectivity index (χ3n) is 2.45. The molecular formula is C17H22F3N5O2. The van der Waals surface area contributed by atoms with Crippen LogP contribution in [0.1, 0.15) is 36.8 Å². The summed E-state index contributed by atoms with van der Waals surface area (Å²) in [6, 6.07) is 4.28. The number of halogens is 3. The van der Waals surface area contributed by atoms with Crippen LogP contribution in [0.15, 0.2) is 36.9 Å². The summed E-state index contributed by atoms with van der Waals surface area (Å²) in [5.74, 6) is -0.525. The highest BCUT2D eigenvalue weighted by Crippen LogP contribution is 2.17. The Morgan fingerprint density at radius 3 is 2.33 bits per heavy atom. The molecule has 0 aromatic carbocycles. The molecule has 148 valence electrons. The van der Waals surface area contributed by atoms with Crippen LogP contribution in [0.5, 0.6) is 5.88 Å². The minimum Gasteiger partial charge on any atom is -0.468 e. The summed E-state index contributed by atoms with van der Waals surface area (Å²) in [5, 5.41) is 2.60. The molecule has 2 aromatic heterocycles. The number of rotatable bonds is 5. The fourth-order valence-electron chi connectivity index (χ4n) is 1.45. The van der Waals surface area contributed by atoms with Crippen molar-refractivity contribution in [2.45, 2.75) is 39.0 Å². The third kappa shape index (κ3) is 11.5. The van der Waals surface area contributed by atoms with Gasteiger partial charge in [0.15, 0.2) is 6.61 Å². The molecule has 0 unspecified atom stereocenters. The Morgan fingerprint density at radius 2 is 1.85 bits per heavy atom. The topological polar surface area (TPSA) is 103 Å². The van der Waals surface area contributed by atoms with Gasteiger partial charge < -0.3 is 15.8 Å². The van der Waals surface area contributed by atoms with Crippen LogP contribution in [0.2, 0.25) is 0 Å². The Kier molecular flexibility index (Phi) is 8.10. The maximum absolute atomic E-state index is 12.0. The van der Waals surface area contributed by atoms with Gasteiger partial charge in [0.2, 0.25) is 5.88 Å². The first-order valence-electron chi connectivity index (χ1n) is 7.91. The molecule has 2 rings (SSSR count). The zero-order chi connectivity index (χ0) is 20.5. The second-order valence-electron chi connectivity index (χ2n) is 6.55. The molecule has 0 spiro atoms. The Labute approximate surface area is 155 Å². The Balaban J connectivity index is 0.000000646. The van der Waals surface area contributed by atoms with E-state index >= 15 is 0 Å². The highest BCUT2D eigenvalue weighted by Gasteiger charge is 2.28. The van der Waals surface area contributed by atoms with E-state index in [4.69, 9.17) is 5.73 Å². The number of hydrogen-bond donors (Lipinski definition) is 2. The van der Waals surface area contributed by atoms with E-state index in [1.165, 1.54) is 36.9 Å². The van der Waals surface area contributed by atoms with Gasteiger partial charge in [-0.15, -0.1) is 0 Å².